The zero-order chi connectivity index (χ0) is 8.97. The summed E-state index contributed by atoms with van der Waals surface area (Å²) < 4.78 is 23.7. The molecule has 0 heterocycles. The van der Waals surface area contributed by atoms with E-state index in [4.69, 9.17) is 0 Å². The van der Waals surface area contributed by atoms with Gasteiger partial charge in [0.25, 0.3) is 0 Å². The molecule has 0 atom stereocenters. The predicted molar refractivity (Wildman–Crippen MR) is 46.2 cm³/mol. The van der Waals surface area contributed by atoms with Gasteiger partial charge in [-0.05, 0) is 12.1 Å². The molecule has 7 heteroatoms. The van der Waals surface area contributed by atoms with Gasteiger partial charge >= 0.3 is 75.9 Å². The fourth-order valence-corrected chi connectivity index (χ4v) is 0.880. The SMILES string of the molecule is O=C(O[Cl+2]([O-])[O-])c1ccccc1.[NaH].[NaH]. The predicted octanol–water partition coefficient (Wildman–Crippen LogP) is -2.37. The molecule has 0 saturated heterocycles. The van der Waals surface area contributed by atoms with E-state index in [2.05, 4.69) is 4.29 Å². The molecule has 4 nitrogen and oxygen atoms in total. The van der Waals surface area contributed by atoms with Crippen molar-refractivity contribution in [2.75, 3.05) is 0 Å². The Labute approximate surface area is 129 Å². The molecule has 1 rings (SSSR count). The van der Waals surface area contributed by atoms with Crippen LogP contribution in [0.25, 0.3) is 0 Å². The average Bonchev–Trinajstić information content (AvgIpc) is 2.05. The quantitative estimate of drug-likeness (QED) is 0.538. The maximum absolute atomic E-state index is 10.8. The molecule has 0 fully saturated rings. The Morgan fingerprint density at radius 3 is 2.07 bits per heavy atom. The van der Waals surface area contributed by atoms with Crippen LogP contribution in [0.15, 0.2) is 30.3 Å². The minimum atomic E-state index is -2.48. The molecule has 0 saturated carbocycles. The van der Waals surface area contributed by atoms with E-state index in [9.17, 15) is 14.1 Å². The monoisotopic (exact) mass is 236 g/mol. The zero-order valence-corrected chi connectivity index (χ0v) is 6.65. The van der Waals surface area contributed by atoms with Gasteiger partial charge < -0.3 is 9.32 Å². The van der Waals surface area contributed by atoms with Crippen molar-refractivity contribution in [2.24, 2.45) is 0 Å². The van der Waals surface area contributed by atoms with Crippen LogP contribution in [0, 0.1) is 10.8 Å². The third-order valence-corrected chi connectivity index (χ3v) is 1.41. The van der Waals surface area contributed by atoms with E-state index in [0.717, 1.165) is 0 Å². The Hall–Kier alpha value is 0.900. The first kappa shape index (κ1) is 17.3. The second-order valence-corrected chi connectivity index (χ2v) is 2.45. The Balaban J connectivity index is 0. The van der Waals surface area contributed by atoms with Crippen LogP contribution in [-0.2, 0) is 4.29 Å². The van der Waals surface area contributed by atoms with Crippen molar-refractivity contribution in [1.29, 1.82) is 0 Å². The molecule has 0 aliphatic carbocycles. The van der Waals surface area contributed by atoms with Crippen LogP contribution in [0.4, 0.5) is 0 Å². The molecule has 0 aliphatic rings. The average molecular weight is 237 g/mol. The standard InChI is InChI=1S/C7H5ClO4.2Na.2H/c9-7(12-8(10)11)6-4-2-1-3-5-6;;;;/h1-5H;;;;. The van der Waals surface area contributed by atoms with Crippen molar-refractivity contribution in [3.63, 3.8) is 0 Å². The molecule has 1 aromatic carbocycles. The maximum atomic E-state index is 10.8. The van der Waals surface area contributed by atoms with E-state index < -0.39 is 16.8 Å². The van der Waals surface area contributed by atoms with Crippen molar-refractivity contribution in [1.82, 2.24) is 0 Å². The first-order chi connectivity index (χ1) is 5.70. The molecule has 0 unspecified atom stereocenters. The van der Waals surface area contributed by atoms with Crippen molar-refractivity contribution in [2.45, 2.75) is 0 Å². The van der Waals surface area contributed by atoms with Crippen molar-refractivity contribution < 1.29 is 29.2 Å². The number of benzene rings is 1. The third kappa shape index (κ3) is 6.40. The molecule has 0 aliphatic heterocycles. The van der Waals surface area contributed by atoms with Crippen molar-refractivity contribution >= 4 is 65.1 Å². The number of hydrogen-bond donors (Lipinski definition) is 0. The second-order valence-electron chi connectivity index (χ2n) is 1.92. The summed E-state index contributed by atoms with van der Waals surface area (Å²) in [6.45, 7) is 0. The molecular weight excluding hydrogens is 230 g/mol. The van der Waals surface area contributed by atoms with Crippen molar-refractivity contribution in [3.05, 3.63) is 35.9 Å². The van der Waals surface area contributed by atoms with Gasteiger partial charge in [-0.1, -0.05) is 22.5 Å². The number of hydrogen-bond acceptors (Lipinski definition) is 4. The fraction of sp³-hybridized carbons (Fsp3) is 0. The second kappa shape index (κ2) is 9.15. The van der Waals surface area contributed by atoms with E-state index in [1.807, 2.05) is 0 Å². The number of rotatable bonds is 2. The first-order valence-corrected chi connectivity index (χ1v) is 3.96. The van der Waals surface area contributed by atoms with Crippen LogP contribution in [0.3, 0.4) is 0 Å². The van der Waals surface area contributed by atoms with Crippen LogP contribution in [-0.4, -0.2) is 65.1 Å². The normalized spacial score (nSPS) is 8.50. The molecule has 0 spiro atoms. The Morgan fingerprint density at radius 1 is 1.14 bits per heavy atom. The fourth-order valence-electron chi connectivity index (χ4n) is 0.676. The van der Waals surface area contributed by atoms with Gasteiger partial charge in [0, 0.05) is 0 Å². The van der Waals surface area contributed by atoms with E-state index in [1.54, 1.807) is 18.2 Å². The van der Waals surface area contributed by atoms with Crippen LogP contribution >= 0.6 is 0 Å². The molecule has 0 N–H and O–H groups in total. The van der Waals surface area contributed by atoms with Gasteiger partial charge in [-0.3, -0.25) is 0 Å². The summed E-state index contributed by atoms with van der Waals surface area (Å²) >= 11 is 0. The summed E-state index contributed by atoms with van der Waals surface area (Å²) in [4.78, 5) is 10.8. The van der Waals surface area contributed by atoms with Crippen LogP contribution in [0.5, 0.6) is 0 Å². The molecule has 68 valence electrons. The summed E-state index contributed by atoms with van der Waals surface area (Å²) in [6, 6.07) is 7.86. The summed E-state index contributed by atoms with van der Waals surface area (Å²) in [5.74, 6) is -0.888. The summed E-state index contributed by atoms with van der Waals surface area (Å²) in [5, 5.41) is 0. The summed E-state index contributed by atoms with van der Waals surface area (Å²) in [7, 11) is -2.48. The summed E-state index contributed by atoms with van der Waals surface area (Å²) in [6.07, 6.45) is 0. The Morgan fingerprint density at radius 2 is 1.64 bits per heavy atom. The van der Waals surface area contributed by atoms with Crippen LogP contribution in [0.2, 0.25) is 0 Å². The number of carbonyl (C=O) groups is 1. The van der Waals surface area contributed by atoms with E-state index in [-0.39, 0.29) is 64.7 Å². The molecule has 0 amide bonds. The molecule has 0 bridgehead atoms. The topological polar surface area (TPSA) is 72.4 Å². The molecule has 0 radical (unpaired) electrons. The van der Waals surface area contributed by atoms with E-state index in [0.29, 0.717) is 0 Å². The van der Waals surface area contributed by atoms with E-state index in [1.165, 1.54) is 12.1 Å². The van der Waals surface area contributed by atoms with E-state index >= 15 is 0 Å². The van der Waals surface area contributed by atoms with Gasteiger partial charge in [0.15, 0.2) is 0 Å². The molecular formula is C7H7ClNa2O4. The number of carbonyl (C=O) groups excluding carboxylic acids is 1. The number of halogens is 1. The third-order valence-electron chi connectivity index (χ3n) is 1.14. The Kier molecular flexibility index (Phi) is 11.3. The molecule has 14 heavy (non-hydrogen) atoms. The van der Waals surface area contributed by atoms with Gasteiger partial charge in [0.05, 0.1) is 5.56 Å². The van der Waals surface area contributed by atoms with Crippen LogP contribution in [0.1, 0.15) is 10.4 Å². The van der Waals surface area contributed by atoms with Crippen LogP contribution < -0.4 is 9.32 Å². The van der Waals surface area contributed by atoms with Crippen molar-refractivity contribution in [3.8, 4) is 0 Å². The van der Waals surface area contributed by atoms with Gasteiger partial charge in [-0.25, -0.2) is 4.79 Å². The minimum absolute atomic E-state index is 0. The molecule has 0 aromatic heterocycles. The molecule has 1 aromatic rings. The Bertz CT molecular complexity index is 268. The summed E-state index contributed by atoms with van der Waals surface area (Å²) in [5.41, 5.74) is 0.201. The van der Waals surface area contributed by atoms with Gasteiger partial charge in [-0.2, -0.15) is 0 Å². The van der Waals surface area contributed by atoms with Gasteiger partial charge in [0.2, 0.25) is 0 Å². The van der Waals surface area contributed by atoms with Gasteiger partial charge in [0.1, 0.15) is 0 Å². The first-order valence-electron chi connectivity index (χ1n) is 3.03. The zero-order valence-electron chi connectivity index (χ0n) is 5.90. The van der Waals surface area contributed by atoms with Gasteiger partial charge in [-0.15, -0.1) is 0 Å².